The minimum absolute atomic E-state index is 0.0750. The molecule has 198 valence electrons. The first kappa shape index (κ1) is 28.8. The number of rotatable bonds is 12. The molecular formula is C25H30ClN5O4S2. The van der Waals surface area contributed by atoms with E-state index in [2.05, 4.69) is 15.5 Å². The second kappa shape index (κ2) is 12.7. The van der Waals surface area contributed by atoms with Crippen molar-refractivity contribution < 1.29 is 18.0 Å². The minimum Gasteiger partial charge on any atom is -0.356 e. The molecule has 12 heteroatoms. The highest BCUT2D eigenvalue weighted by Crippen LogP contribution is 2.27. The lowest BCUT2D eigenvalue weighted by atomic mass is 10.1. The number of sulfonamides is 1. The van der Waals surface area contributed by atoms with Crippen LogP contribution in [0.3, 0.4) is 0 Å². The fourth-order valence-corrected chi connectivity index (χ4v) is 6.12. The number of thioether (sulfide) groups is 1. The Bertz CT molecular complexity index is 1370. The molecule has 0 aliphatic carbocycles. The number of hydrogen-bond donors (Lipinski definition) is 1. The lowest BCUT2D eigenvalue weighted by Gasteiger charge is -2.18. The normalized spacial score (nSPS) is 11.6. The molecule has 3 rings (SSSR count). The second-order valence-corrected chi connectivity index (χ2v) is 11.5. The number of amides is 1. The van der Waals surface area contributed by atoms with Gasteiger partial charge in [-0.05, 0) is 36.8 Å². The Morgan fingerprint density at radius 3 is 2.35 bits per heavy atom. The van der Waals surface area contributed by atoms with Gasteiger partial charge in [-0.15, -0.1) is 10.2 Å². The predicted molar refractivity (Wildman–Crippen MR) is 145 cm³/mol. The van der Waals surface area contributed by atoms with Crippen LogP contribution in [0.5, 0.6) is 0 Å². The fraction of sp³-hybridized carbons (Fsp3) is 0.360. The first-order chi connectivity index (χ1) is 17.6. The highest BCUT2D eigenvalue weighted by atomic mass is 35.5. The average molecular weight is 564 g/mol. The van der Waals surface area contributed by atoms with Crippen LogP contribution >= 0.6 is 23.4 Å². The zero-order valence-electron chi connectivity index (χ0n) is 21.2. The topological polar surface area (TPSA) is 114 Å². The van der Waals surface area contributed by atoms with Gasteiger partial charge in [0.15, 0.2) is 10.9 Å². The summed E-state index contributed by atoms with van der Waals surface area (Å²) in [6, 6.07) is 11.6. The molecule has 37 heavy (non-hydrogen) atoms. The molecule has 1 N–H and O–H groups in total. The number of ketones is 1. The number of aromatic nitrogens is 3. The van der Waals surface area contributed by atoms with E-state index in [1.165, 1.54) is 47.3 Å². The van der Waals surface area contributed by atoms with Gasteiger partial charge in [-0.1, -0.05) is 55.4 Å². The zero-order valence-corrected chi connectivity index (χ0v) is 23.6. The lowest BCUT2D eigenvalue weighted by molar-refractivity contribution is -0.118. The standard InChI is InChI=1S/C25H30ClN5O4S2/c1-5-30(6-2)37(34,35)21-11-8-19(9-12-21)23(33)16-36-25-29-28-24(13-14-27-18(4)32)31(25)20-10-7-17(3)22(26)15-20/h7-12,15H,5-6,13-14,16H2,1-4H3,(H,27,32). The van der Waals surface area contributed by atoms with Crippen molar-refractivity contribution in [2.45, 2.75) is 44.2 Å². The molecule has 0 fully saturated rings. The first-order valence-electron chi connectivity index (χ1n) is 11.8. The number of aryl methyl sites for hydroxylation is 1. The van der Waals surface area contributed by atoms with Crippen LogP contribution in [0.1, 0.15) is 42.5 Å². The smallest absolute Gasteiger partial charge is 0.243 e. The second-order valence-electron chi connectivity index (χ2n) is 8.23. The van der Waals surface area contributed by atoms with Gasteiger partial charge in [-0.2, -0.15) is 4.31 Å². The van der Waals surface area contributed by atoms with E-state index in [4.69, 9.17) is 11.6 Å². The molecule has 0 atom stereocenters. The summed E-state index contributed by atoms with van der Waals surface area (Å²) in [7, 11) is -3.59. The summed E-state index contributed by atoms with van der Waals surface area (Å²) in [6.45, 7) is 8.05. The van der Waals surface area contributed by atoms with E-state index in [1.54, 1.807) is 13.8 Å². The van der Waals surface area contributed by atoms with E-state index in [1.807, 2.05) is 29.7 Å². The number of nitrogens with zero attached hydrogens (tertiary/aromatic N) is 4. The highest BCUT2D eigenvalue weighted by molar-refractivity contribution is 7.99. The van der Waals surface area contributed by atoms with Gasteiger partial charge in [0.05, 0.1) is 16.3 Å². The van der Waals surface area contributed by atoms with Gasteiger partial charge in [0.1, 0.15) is 5.82 Å². The summed E-state index contributed by atoms with van der Waals surface area (Å²) in [5, 5.41) is 12.4. The van der Waals surface area contributed by atoms with E-state index in [0.717, 1.165) is 11.3 Å². The van der Waals surface area contributed by atoms with E-state index < -0.39 is 10.0 Å². The van der Waals surface area contributed by atoms with E-state index in [0.29, 0.717) is 47.6 Å². The van der Waals surface area contributed by atoms with Crippen molar-refractivity contribution in [3.05, 3.63) is 64.4 Å². The summed E-state index contributed by atoms with van der Waals surface area (Å²) in [4.78, 5) is 24.4. The van der Waals surface area contributed by atoms with Crippen LogP contribution in [-0.4, -0.2) is 64.6 Å². The van der Waals surface area contributed by atoms with Gasteiger partial charge in [0, 0.05) is 43.6 Å². The number of carbonyl (C=O) groups is 2. The monoisotopic (exact) mass is 563 g/mol. The van der Waals surface area contributed by atoms with Gasteiger partial charge in [0.25, 0.3) is 0 Å². The number of carbonyl (C=O) groups excluding carboxylic acids is 2. The first-order valence-corrected chi connectivity index (χ1v) is 14.6. The summed E-state index contributed by atoms with van der Waals surface area (Å²) in [5.41, 5.74) is 2.08. The maximum atomic E-state index is 12.9. The van der Waals surface area contributed by atoms with Crippen LogP contribution in [0.25, 0.3) is 5.69 Å². The summed E-state index contributed by atoms with van der Waals surface area (Å²) in [5.74, 6) is 0.383. The molecular weight excluding hydrogens is 534 g/mol. The third kappa shape index (κ3) is 6.98. The van der Waals surface area contributed by atoms with Crippen LogP contribution in [0.4, 0.5) is 0 Å². The number of Topliss-reactive ketones (excluding diaryl/α,β-unsaturated/α-hetero) is 1. The highest BCUT2D eigenvalue weighted by Gasteiger charge is 2.22. The minimum atomic E-state index is -3.59. The SMILES string of the molecule is CCN(CC)S(=O)(=O)c1ccc(C(=O)CSc2nnc(CCNC(C)=O)n2-c2ccc(C)c(Cl)c2)cc1. The average Bonchev–Trinajstić information content (AvgIpc) is 3.27. The number of halogens is 1. The molecule has 0 unspecified atom stereocenters. The lowest BCUT2D eigenvalue weighted by Crippen LogP contribution is -2.30. The Kier molecular flexibility index (Phi) is 9.88. The Morgan fingerprint density at radius 2 is 1.76 bits per heavy atom. The molecule has 3 aromatic rings. The van der Waals surface area contributed by atoms with Gasteiger partial charge >= 0.3 is 0 Å². The largest absolute Gasteiger partial charge is 0.356 e. The molecule has 0 bridgehead atoms. The van der Waals surface area contributed by atoms with Crippen molar-refractivity contribution >= 4 is 45.1 Å². The zero-order chi connectivity index (χ0) is 27.2. The molecule has 0 saturated heterocycles. The van der Waals surface area contributed by atoms with Crippen LogP contribution in [0.2, 0.25) is 5.02 Å². The third-order valence-corrected chi connectivity index (χ3v) is 9.09. The summed E-state index contributed by atoms with van der Waals surface area (Å²) >= 11 is 7.57. The molecule has 0 spiro atoms. The molecule has 0 saturated carbocycles. The molecule has 2 aromatic carbocycles. The van der Waals surface area contributed by atoms with Gasteiger partial charge in [0.2, 0.25) is 15.9 Å². The van der Waals surface area contributed by atoms with Crippen molar-refractivity contribution in [1.82, 2.24) is 24.4 Å². The number of hydrogen-bond acceptors (Lipinski definition) is 7. The van der Waals surface area contributed by atoms with Crippen LogP contribution < -0.4 is 5.32 Å². The molecule has 1 heterocycles. The molecule has 1 amide bonds. The van der Waals surface area contributed by atoms with E-state index >= 15 is 0 Å². The van der Waals surface area contributed by atoms with Gasteiger partial charge in [-0.3, -0.25) is 14.2 Å². The van der Waals surface area contributed by atoms with E-state index in [-0.39, 0.29) is 22.3 Å². The molecule has 0 aliphatic heterocycles. The number of benzene rings is 2. The van der Waals surface area contributed by atoms with Crippen molar-refractivity contribution in [1.29, 1.82) is 0 Å². The summed E-state index contributed by atoms with van der Waals surface area (Å²) < 4.78 is 28.6. The predicted octanol–water partition coefficient (Wildman–Crippen LogP) is 3.91. The number of nitrogens with one attached hydrogen (secondary N) is 1. The van der Waals surface area contributed by atoms with Crippen LogP contribution in [-0.2, 0) is 21.2 Å². The Hall–Kier alpha value is -2.73. The van der Waals surface area contributed by atoms with Crippen molar-refractivity contribution in [2.75, 3.05) is 25.4 Å². The Labute approximate surface area is 226 Å². The quantitative estimate of drug-likeness (QED) is 0.262. The molecule has 1 aromatic heterocycles. The van der Waals surface area contributed by atoms with Crippen molar-refractivity contribution in [3.63, 3.8) is 0 Å². The van der Waals surface area contributed by atoms with Crippen LogP contribution in [0, 0.1) is 6.92 Å². The molecule has 0 aliphatic rings. The third-order valence-electron chi connectivity index (χ3n) is 5.69. The van der Waals surface area contributed by atoms with Gasteiger partial charge < -0.3 is 5.32 Å². The van der Waals surface area contributed by atoms with Gasteiger partial charge in [-0.25, -0.2) is 8.42 Å². The maximum Gasteiger partial charge on any atom is 0.243 e. The van der Waals surface area contributed by atoms with Crippen molar-refractivity contribution in [3.8, 4) is 5.69 Å². The molecule has 9 nitrogen and oxygen atoms in total. The Morgan fingerprint density at radius 1 is 1.08 bits per heavy atom. The Balaban J connectivity index is 1.80. The fourth-order valence-electron chi connectivity index (χ4n) is 3.63. The van der Waals surface area contributed by atoms with E-state index in [9.17, 15) is 18.0 Å². The molecule has 0 radical (unpaired) electrons. The van der Waals surface area contributed by atoms with Crippen molar-refractivity contribution in [2.24, 2.45) is 0 Å². The summed E-state index contributed by atoms with van der Waals surface area (Å²) in [6.07, 6.45) is 0.440. The maximum absolute atomic E-state index is 12.9. The van der Waals surface area contributed by atoms with Crippen LogP contribution in [0.15, 0.2) is 52.5 Å².